The molecule has 18 heteroatoms. The van der Waals surface area contributed by atoms with E-state index in [1.54, 1.807) is 16.8 Å². The number of rotatable bonds is 27. The van der Waals surface area contributed by atoms with Crippen molar-refractivity contribution in [2.24, 2.45) is 4.99 Å². The minimum Gasteiger partial charge on any atom is -0.456 e. The number of urea groups is 1. The van der Waals surface area contributed by atoms with Gasteiger partial charge in [0.2, 0.25) is 0 Å². The van der Waals surface area contributed by atoms with Gasteiger partial charge in [-0.3, -0.25) is 20.0 Å². The summed E-state index contributed by atoms with van der Waals surface area (Å²) in [7, 11) is -0.281. The van der Waals surface area contributed by atoms with Crippen LogP contribution in [0.5, 0.6) is 0 Å². The molecule has 4 amide bonds. The number of hydrogen-bond acceptors (Lipinski definition) is 13. The van der Waals surface area contributed by atoms with E-state index in [1.165, 1.54) is 0 Å². The van der Waals surface area contributed by atoms with Crippen molar-refractivity contribution >= 4 is 43.0 Å². The highest BCUT2D eigenvalue weighted by Crippen LogP contribution is 2.44. The van der Waals surface area contributed by atoms with Crippen LogP contribution < -0.4 is 26.6 Å². The Labute approximate surface area is 445 Å². The second-order valence-corrected chi connectivity index (χ2v) is 25.7. The summed E-state index contributed by atoms with van der Waals surface area (Å²) in [4.78, 5) is 47.8. The number of anilines is 1. The topological polar surface area (TPSA) is 187 Å². The van der Waals surface area contributed by atoms with Gasteiger partial charge in [-0.2, -0.15) is 0 Å². The number of likely N-dealkylation sites (N-methyl/N-ethyl adjacent to an activating group) is 1. The van der Waals surface area contributed by atoms with Crippen molar-refractivity contribution in [3.63, 3.8) is 0 Å². The van der Waals surface area contributed by atoms with Gasteiger partial charge in [-0.15, -0.1) is 0 Å². The molecule has 0 radical (unpaired) electrons. The van der Waals surface area contributed by atoms with Gasteiger partial charge < -0.3 is 53.4 Å². The molecule has 0 spiro atoms. The number of carbonyl (C=O) groups excluding carboxylic acids is 3. The van der Waals surface area contributed by atoms with Crippen LogP contribution in [0.15, 0.2) is 69.7 Å². The van der Waals surface area contributed by atoms with E-state index in [-0.39, 0.29) is 54.7 Å². The van der Waals surface area contributed by atoms with Crippen LogP contribution in [0, 0.1) is 13.8 Å². The highest BCUT2D eigenvalue weighted by molar-refractivity contribution is 6.74. The molecule has 6 rings (SSSR count). The number of alkyl carbamates (subject to hydrolysis) is 1. The van der Waals surface area contributed by atoms with E-state index >= 15 is 0 Å². The van der Waals surface area contributed by atoms with Crippen molar-refractivity contribution in [1.29, 1.82) is 0 Å². The molecule has 3 heterocycles. The van der Waals surface area contributed by atoms with E-state index in [9.17, 15) is 14.4 Å². The van der Waals surface area contributed by atoms with Crippen LogP contribution in [0.4, 0.5) is 15.3 Å². The van der Waals surface area contributed by atoms with Crippen LogP contribution in [-0.2, 0) is 28.1 Å². The maximum absolute atomic E-state index is 14.1. The number of amides is 4. The number of benzene rings is 3. The predicted octanol–water partition coefficient (Wildman–Crippen LogP) is 9.56. The van der Waals surface area contributed by atoms with Gasteiger partial charge in [0.15, 0.2) is 8.32 Å². The molecule has 75 heavy (non-hydrogen) atoms. The Morgan fingerprint density at radius 2 is 1.59 bits per heavy atom. The maximum atomic E-state index is 14.1. The summed E-state index contributed by atoms with van der Waals surface area (Å²) >= 11 is 0. The molecule has 2 aromatic carbocycles. The average Bonchev–Trinajstić information content (AvgIpc) is 3.77. The van der Waals surface area contributed by atoms with Crippen molar-refractivity contribution in [3.05, 3.63) is 82.4 Å². The Hall–Kier alpha value is -5.34. The van der Waals surface area contributed by atoms with Crippen molar-refractivity contribution < 1.29 is 46.9 Å². The second-order valence-electron chi connectivity index (χ2n) is 21.0. The molecule has 1 aliphatic carbocycles. The van der Waals surface area contributed by atoms with Gasteiger partial charge in [-0.25, -0.2) is 9.59 Å². The summed E-state index contributed by atoms with van der Waals surface area (Å²) < 4.78 is 42.2. The second kappa shape index (κ2) is 27.6. The first-order valence-corrected chi connectivity index (χ1v) is 29.9. The van der Waals surface area contributed by atoms with Crippen molar-refractivity contribution in [2.45, 2.75) is 131 Å². The number of nitrogens with zero attached hydrogens (tertiary/aromatic N) is 3. The molecular formula is C57H85N7O10Si. The molecule has 17 nitrogen and oxygen atoms in total. The number of fused-ring (bicyclic) bond motifs is 2. The van der Waals surface area contributed by atoms with Crippen molar-refractivity contribution in [3.8, 4) is 22.5 Å². The Kier molecular flexibility index (Phi) is 21.7. The fourth-order valence-electron chi connectivity index (χ4n) is 9.05. The van der Waals surface area contributed by atoms with E-state index < -0.39 is 14.4 Å². The van der Waals surface area contributed by atoms with Crippen molar-refractivity contribution in [1.82, 2.24) is 25.8 Å². The lowest BCUT2D eigenvalue weighted by Gasteiger charge is -2.39. The lowest BCUT2D eigenvalue weighted by molar-refractivity contribution is -0.0326. The molecular weight excluding hydrogens is 971 g/mol. The lowest BCUT2D eigenvalue weighted by Crippen LogP contribution is -2.56. The highest BCUT2D eigenvalue weighted by Gasteiger charge is 2.46. The minimum absolute atomic E-state index is 0.0262. The highest BCUT2D eigenvalue weighted by atomic mass is 28.4. The molecule has 2 aromatic rings. The minimum atomic E-state index is -1.99. The van der Waals surface area contributed by atoms with Gasteiger partial charge in [-0.1, -0.05) is 45.9 Å². The summed E-state index contributed by atoms with van der Waals surface area (Å²) in [6, 6.07) is 15.7. The van der Waals surface area contributed by atoms with Crippen LogP contribution in [-0.4, -0.2) is 147 Å². The maximum Gasteiger partial charge on any atom is 0.407 e. The zero-order valence-corrected chi connectivity index (χ0v) is 47.7. The van der Waals surface area contributed by atoms with Gasteiger partial charge >= 0.3 is 12.1 Å². The Bertz CT molecular complexity index is 2610. The van der Waals surface area contributed by atoms with E-state index in [2.05, 4.69) is 93.0 Å². The zero-order chi connectivity index (χ0) is 54.3. The van der Waals surface area contributed by atoms with Crippen LogP contribution in [0.3, 0.4) is 0 Å². The molecule has 3 aliphatic heterocycles. The molecule has 4 N–H and O–H groups in total. The quantitative estimate of drug-likeness (QED) is 0.0252. The SMILES string of the molecule is CCN=c1cc2oc3cc(NCC)c(C)cc3c(-c3ccccc3C(=O)N(C)CCOC(=O)NCCCOCCOCCOCCCNC3NC(=O)N(C4CC(O[Si](C)(C)C(C)(C)C)C(CC)O4)C=C3C)c-2cc1C. The van der Waals surface area contributed by atoms with Crippen molar-refractivity contribution in [2.75, 3.05) is 91.3 Å². The number of carbonyl (C=O) groups is 3. The van der Waals surface area contributed by atoms with Crippen LogP contribution >= 0.6 is 0 Å². The van der Waals surface area contributed by atoms with Gasteiger partial charge in [0, 0.05) is 92.4 Å². The standard InChI is InChI=1S/C57H85N7O10Si/c1-13-47-50(74-75(11,12)57(7,8)9)36-51(73-47)64-37-40(6)53(62-55(64)66)60-22-18-25-68-28-30-70-31-29-69-26-19-23-61-56(67)71-27-24-63(10)54(65)42-21-17-16-20-41(42)52-43-32-38(4)45(58-14-2)34-48(43)72-49-35-46(59-15-3)39(5)33-44(49)52/h16-17,20-21,32-35,37,47,50-51,53,58,60H,13-15,18-19,22-31,36H2,1-12H3,(H,61,67)(H,62,66). The Morgan fingerprint density at radius 1 is 0.893 bits per heavy atom. The number of ether oxygens (including phenoxy) is 5. The molecule has 4 aliphatic rings. The summed E-state index contributed by atoms with van der Waals surface area (Å²) in [5, 5.41) is 14.6. The zero-order valence-electron chi connectivity index (χ0n) is 46.7. The van der Waals surface area contributed by atoms with Gasteiger partial charge in [0.05, 0.1) is 50.5 Å². The number of nitrogens with one attached hydrogen (secondary N) is 4. The molecule has 0 bridgehead atoms. The molecule has 0 aromatic heterocycles. The first-order chi connectivity index (χ1) is 35.9. The predicted molar refractivity (Wildman–Crippen MR) is 298 cm³/mol. The monoisotopic (exact) mass is 1060 g/mol. The summed E-state index contributed by atoms with van der Waals surface area (Å²) in [5.74, 6) is 0.490. The van der Waals surface area contributed by atoms with Gasteiger partial charge in [-0.05, 0) is 119 Å². The number of hydrogen-bond donors (Lipinski definition) is 4. The first-order valence-electron chi connectivity index (χ1n) is 27.0. The molecule has 4 unspecified atom stereocenters. The molecule has 412 valence electrons. The average molecular weight is 1060 g/mol. The smallest absolute Gasteiger partial charge is 0.407 e. The third kappa shape index (κ3) is 15.6. The Balaban J connectivity index is 0.827. The fraction of sp³-hybridized carbons (Fsp3) is 0.579. The largest absolute Gasteiger partial charge is 0.456 e. The third-order valence-corrected chi connectivity index (χ3v) is 18.8. The molecule has 4 atom stereocenters. The summed E-state index contributed by atoms with van der Waals surface area (Å²) in [6.07, 6.45) is 3.50. The summed E-state index contributed by atoms with van der Waals surface area (Å²) in [6.45, 7) is 29.0. The third-order valence-electron chi connectivity index (χ3n) is 14.3. The summed E-state index contributed by atoms with van der Waals surface area (Å²) in [5.41, 5.74) is 7.89. The first kappa shape index (κ1) is 58.9. The van der Waals surface area contributed by atoms with Gasteiger partial charge in [0.25, 0.3) is 5.91 Å². The van der Waals surface area contributed by atoms with Crippen LogP contribution in [0.25, 0.3) is 33.4 Å². The molecule has 1 saturated heterocycles. The van der Waals surface area contributed by atoms with E-state index in [0.29, 0.717) is 89.0 Å². The van der Waals surface area contributed by atoms with Crippen LogP contribution in [0.2, 0.25) is 18.1 Å². The number of aryl methyl sites for hydroxylation is 2. The molecule has 1 fully saturated rings. The fourth-order valence-corrected chi connectivity index (χ4v) is 10.4. The Morgan fingerprint density at radius 3 is 2.27 bits per heavy atom. The van der Waals surface area contributed by atoms with E-state index in [1.807, 2.05) is 63.4 Å². The normalized spacial score (nSPS) is 18.4. The van der Waals surface area contributed by atoms with E-state index in [0.717, 1.165) is 69.2 Å². The van der Waals surface area contributed by atoms with Crippen LogP contribution in [0.1, 0.15) is 95.6 Å². The molecule has 0 saturated carbocycles. The van der Waals surface area contributed by atoms with E-state index in [4.69, 9.17) is 32.5 Å². The van der Waals surface area contributed by atoms with Gasteiger partial charge in [0.1, 0.15) is 30.3 Å². The lowest BCUT2D eigenvalue weighted by atomic mass is 9.89.